The maximum Gasteiger partial charge on any atom is 0.251 e. The summed E-state index contributed by atoms with van der Waals surface area (Å²) < 4.78 is 0. The topological polar surface area (TPSA) is 84.2 Å². The first-order chi connectivity index (χ1) is 9.08. The van der Waals surface area contributed by atoms with Gasteiger partial charge in [0.1, 0.15) is 0 Å². The van der Waals surface area contributed by atoms with Crippen molar-refractivity contribution in [1.82, 2.24) is 5.32 Å². The molecule has 19 heavy (non-hydrogen) atoms. The molecule has 0 aliphatic heterocycles. The Hall–Kier alpha value is -1.88. The Kier molecular flexibility index (Phi) is 6.02. The highest BCUT2D eigenvalue weighted by molar-refractivity contribution is 5.97. The minimum Gasteiger partial charge on any atom is -0.352 e. The number of hydrogen-bond donors (Lipinski definition) is 3. The number of benzene rings is 1. The first-order valence-electron chi connectivity index (χ1n) is 6.47. The van der Waals surface area contributed by atoms with Crippen molar-refractivity contribution in [3.63, 3.8) is 0 Å². The van der Waals surface area contributed by atoms with Gasteiger partial charge in [-0.15, -0.1) is 0 Å². The van der Waals surface area contributed by atoms with E-state index in [4.69, 9.17) is 5.73 Å². The van der Waals surface area contributed by atoms with Crippen LogP contribution in [-0.2, 0) is 4.79 Å². The molecule has 4 N–H and O–H groups in total. The Bertz CT molecular complexity index is 446. The summed E-state index contributed by atoms with van der Waals surface area (Å²) in [6, 6.07) is 6.88. The SMILES string of the molecule is CCNC(=O)c1cccc(NC(=O)C(C)CCN)c1. The van der Waals surface area contributed by atoms with Crippen LogP contribution in [-0.4, -0.2) is 24.9 Å². The lowest BCUT2D eigenvalue weighted by Crippen LogP contribution is -2.24. The highest BCUT2D eigenvalue weighted by Crippen LogP contribution is 2.13. The molecular formula is C14H21N3O2. The van der Waals surface area contributed by atoms with Gasteiger partial charge >= 0.3 is 0 Å². The second-order valence-corrected chi connectivity index (χ2v) is 4.41. The summed E-state index contributed by atoms with van der Waals surface area (Å²) in [5.41, 5.74) is 6.58. The first kappa shape index (κ1) is 15.2. The molecule has 1 atom stereocenters. The van der Waals surface area contributed by atoms with Gasteiger partial charge in [-0.2, -0.15) is 0 Å². The summed E-state index contributed by atoms with van der Waals surface area (Å²) in [5.74, 6) is -0.370. The van der Waals surface area contributed by atoms with Gasteiger partial charge in [-0.1, -0.05) is 13.0 Å². The zero-order valence-corrected chi connectivity index (χ0v) is 11.4. The molecule has 2 amide bonds. The third-order valence-corrected chi connectivity index (χ3v) is 2.78. The molecule has 0 radical (unpaired) electrons. The molecule has 1 unspecified atom stereocenters. The van der Waals surface area contributed by atoms with E-state index in [1.54, 1.807) is 24.3 Å². The van der Waals surface area contributed by atoms with Crippen molar-refractivity contribution in [3.8, 4) is 0 Å². The fourth-order valence-corrected chi connectivity index (χ4v) is 1.65. The lowest BCUT2D eigenvalue weighted by atomic mass is 10.1. The zero-order valence-electron chi connectivity index (χ0n) is 11.4. The number of rotatable bonds is 6. The van der Waals surface area contributed by atoms with Crippen molar-refractivity contribution in [2.75, 3.05) is 18.4 Å². The van der Waals surface area contributed by atoms with Gasteiger partial charge in [-0.05, 0) is 38.1 Å². The van der Waals surface area contributed by atoms with Crippen LogP contribution in [0.15, 0.2) is 24.3 Å². The number of carbonyl (C=O) groups is 2. The van der Waals surface area contributed by atoms with E-state index in [-0.39, 0.29) is 17.7 Å². The number of nitrogens with two attached hydrogens (primary N) is 1. The molecule has 0 bridgehead atoms. The van der Waals surface area contributed by atoms with E-state index in [0.717, 1.165) is 0 Å². The summed E-state index contributed by atoms with van der Waals surface area (Å²) in [6.07, 6.45) is 0.641. The second-order valence-electron chi connectivity index (χ2n) is 4.41. The predicted molar refractivity (Wildman–Crippen MR) is 75.9 cm³/mol. The summed E-state index contributed by atoms with van der Waals surface area (Å²) >= 11 is 0. The molecule has 5 nitrogen and oxygen atoms in total. The minimum absolute atomic E-state index is 0.0847. The van der Waals surface area contributed by atoms with Crippen molar-refractivity contribution in [3.05, 3.63) is 29.8 Å². The van der Waals surface area contributed by atoms with Crippen LogP contribution in [0, 0.1) is 5.92 Å². The van der Waals surface area contributed by atoms with Crippen LogP contribution in [0.3, 0.4) is 0 Å². The molecule has 5 heteroatoms. The summed E-state index contributed by atoms with van der Waals surface area (Å²) in [7, 11) is 0. The third-order valence-electron chi connectivity index (χ3n) is 2.78. The highest BCUT2D eigenvalue weighted by Gasteiger charge is 2.12. The second kappa shape index (κ2) is 7.53. The van der Waals surface area contributed by atoms with E-state index < -0.39 is 0 Å². The maximum atomic E-state index is 11.8. The molecule has 1 rings (SSSR count). The standard InChI is InChI=1S/C14H21N3O2/c1-3-16-14(19)11-5-4-6-12(9-11)17-13(18)10(2)7-8-15/h4-6,9-10H,3,7-8,15H2,1-2H3,(H,16,19)(H,17,18). The van der Waals surface area contributed by atoms with Gasteiger partial charge in [-0.3, -0.25) is 9.59 Å². The van der Waals surface area contributed by atoms with E-state index in [2.05, 4.69) is 10.6 Å². The zero-order chi connectivity index (χ0) is 14.3. The van der Waals surface area contributed by atoms with E-state index in [0.29, 0.717) is 30.8 Å². The van der Waals surface area contributed by atoms with Gasteiger partial charge in [0.2, 0.25) is 5.91 Å². The lowest BCUT2D eigenvalue weighted by molar-refractivity contribution is -0.119. The fourth-order valence-electron chi connectivity index (χ4n) is 1.65. The third kappa shape index (κ3) is 4.71. The molecule has 0 aliphatic rings. The van der Waals surface area contributed by atoms with Crippen molar-refractivity contribution in [2.24, 2.45) is 11.7 Å². The van der Waals surface area contributed by atoms with Crippen molar-refractivity contribution >= 4 is 17.5 Å². The monoisotopic (exact) mass is 263 g/mol. The Morgan fingerprint density at radius 1 is 1.37 bits per heavy atom. The smallest absolute Gasteiger partial charge is 0.251 e. The van der Waals surface area contributed by atoms with E-state index >= 15 is 0 Å². The van der Waals surface area contributed by atoms with Gasteiger partial charge in [-0.25, -0.2) is 0 Å². The molecule has 0 aromatic heterocycles. The summed E-state index contributed by atoms with van der Waals surface area (Å²) in [6.45, 7) is 4.74. The lowest BCUT2D eigenvalue weighted by Gasteiger charge is -2.11. The predicted octanol–water partition coefficient (Wildman–Crippen LogP) is 1.36. The van der Waals surface area contributed by atoms with E-state index in [1.165, 1.54) is 0 Å². The Morgan fingerprint density at radius 2 is 2.11 bits per heavy atom. The van der Waals surface area contributed by atoms with E-state index in [1.807, 2.05) is 13.8 Å². The molecule has 0 aliphatic carbocycles. The van der Waals surface area contributed by atoms with Crippen LogP contribution in [0.1, 0.15) is 30.6 Å². The molecular weight excluding hydrogens is 242 g/mol. The molecule has 0 spiro atoms. The van der Waals surface area contributed by atoms with Gasteiger partial charge in [0.25, 0.3) is 5.91 Å². The number of amides is 2. The van der Waals surface area contributed by atoms with Crippen molar-refractivity contribution < 1.29 is 9.59 Å². The van der Waals surface area contributed by atoms with Crippen molar-refractivity contribution in [1.29, 1.82) is 0 Å². The highest BCUT2D eigenvalue weighted by atomic mass is 16.2. The Morgan fingerprint density at radius 3 is 2.74 bits per heavy atom. The van der Waals surface area contributed by atoms with Gasteiger partial charge < -0.3 is 16.4 Å². The largest absolute Gasteiger partial charge is 0.352 e. The van der Waals surface area contributed by atoms with Crippen molar-refractivity contribution in [2.45, 2.75) is 20.3 Å². The van der Waals surface area contributed by atoms with Crippen LogP contribution in [0.2, 0.25) is 0 Å². The number of carbonyl (C=O) groups excluding carboxylic acids is 2. The molecule has 0 saturated heterocycles. The van der Waals surface area contributed by atoms with Gasteiger partial charge in [0, 0.05) is 23.7 Å². The molecule has 0 saturated carbocycles. The van der Waals surface area contributed by atoms with Crippen LogP contribution >= 0.6 is 0 Å². The molecule has 1 aromatic rings. The number of nitrogens with one attached hydrogen (secondary N) is 2. The fraction of sp³-hybridized carbons (Fsp3) is 0.429. The van der Waals surface area contributed by atoms with Crippen LogP contribution in [0.5, 0.6) is 0 Å². The number of anilines is 1. The Balaban J connectivity index is 2.72. The maximum absolute atomic E-state index is 11.8. The van der Waals surface area contributed by atoms with E-state index in [9.17, 15) is 9.59 Å². The van der Waals surface area contributed by atoms with Gasteiger partial charge in [0.15, 0.2) is 0 Å². The molecule has 104 valence electrons. The normalized spacial score (nSPS) is 11.7. The molecule has 1 aromatic carbocycles. The summed E-state index contributed by atoms with van der Waals surface area (Å²) in [5, 5.41) is 5.51. The minimum atomic E-state index is -0.145. The average Bonchev–Trinajstić information content (AvgIpc) is 2.39. The van der Waals surface area contributed by atoms with Gasteiger partial charge in [0.05, 0.1) is 0 Å². The summed E-state index contributed by atoms with van der Waals surface area (Å²) in [4.78, 5) is 23.5. The first-order valence-corrected chi connectivity index (χ1v) is 6.47. The van der Waals surface area contributed by atoms with Crippen LogP contribution < -0.4 is 16.4 Å². The molecule has 0 heterocycles. The molecule has 0 fully saturated rings. The quantitative estimate of drug-likeness (QED) is 0.724. The van der Waals surface area contributed by atoms with Crippen LogP contribution in [0.4, 0.5) is 5.69 Å². The number of hydrogen-bond acceptors (Lipinski definition) is 3. The Labute approximate surface area is 113 Å². The average molecular weight is 263 g/mol. The van der Waals surface area contributed by atoms with Crippen LogP contribution in [0.25, 0.3) is 0 Å².